The van der Waals surface area contributed by atoms with E-state index in [1.807, 2.05) is 13.8 Å². The molecule has 18 heavy (non-hydrogen) atoms. The molecule has 0 bridgehead atoms. The lowest BCUT2D eigenvalue weighted by molar-refractivity contribution is -0.138. The number of methoxy groups -OCH3 is 1. The topological polar surface area (TPSA) is 72.5 Å². The highest BCUT2D eigenvalue weighted by atomic mass is 35.5. The van der Waals surface area contributed by atoms with Gasteiger partial charge in [-0.05, 0) is 43.0 Å². The quantitative estimate of drug-likeness (QED) is 0.882. The summed E-state index contributed by atoms with van der Waals surface area (Å²) in [6.45, 7) is 5.55. The fourth-order valence-electron chi connectivity index (χ4n) is 2.21. The SMILES string of the molecule is COc1c(C)c(C)c(C(CN)C(=O)O)c(C)c1Cl. The molecule has 0 aliphatic carbocycles. The van der Waals surface area contributed by atoms with Crippen LogP contribution < -0.4 is 10.5 Å². The van der Waals surface area contributed by atoms with Crippen LogP contribution in [0.2, 0.25) is 5.02 Å². The molecule has 1 rings (SSSR count). The first-order valence-corrected chi connectivity index (χ1v) is 6.00. The lowest BCUT2D eigenvalue weighted by Gasteiger charge is -2.21. The van der Waals surface area contributed by atoms with Crippen molar-refractivity contribution in [2.24, 2.45) is 5.73 Å². The number of halogens is 1. The fourth-order valence-corrected chi connectivity index (χ4v) is 2.53. The van der Waals surface area contributed by atoms with E-state index in [9.17, 15) is 9.90 Å². The zero-order valence-corrected chi connectivity index (χ0v) is 11.8. The van der Waals surface area contributed by atoms with E-state index in [0.29, 0.717) is 16.3 Å². The minimum Gasteiger partial charge on any atom is -0.495 e. The van der Waals surface area contributed by atoms with Gasteiger partial charge in [0.2, 0.25) is 0 Å². The van der Waals surface area contributed by atoms with Gasteiger partial charge in [0.05, 0.1) is 18.1 Å². The van der Waals surface area contributed by atoms with Crippen molar-refractivity contribution >= 4 is 17.6 Å². The Morgan fingerprint density at radius 2 is 1.89 bits per heavy atom. The van der Waals surface area contributed by atoms with Gasteiger partial charge in [0, 0.05) is 6.54 Å². The van der Waals surface area contributed by atoms with Crippen molar-refractivity contribution in [2.75, 3.05) is 13.7 Å². The fraction of sp³-hybridized carbons (Fsp3) is 0.462. The van der Waals surface area contributed by atoms with Gasteiger partial charge in [-0.2, -0.15) is 0 Å². The Hall–Kier alpha value is -1.26. The molecular weight excluding hydrogens is 254 g/mol. The predicted molar refractivity (Wildman–Crippen MR) is 71.6 cm³/mol. The molecule has 0 aliphatic rings. The molecule has 1 unspecified atom stereocenters. The smallest absolute Gasteiger partial charge is 0.312 e. The molecule has 0 spiro atoms. The van der Waals surface area contributed by atoms with Crippen molar-refractivity contribution < 1.29 is 14.6 Å². The molecule has 1 atom stereocenters. The molecule has 0 saturated heterocycles. The number of carboxylic acids is 1. The summed E-state index contributed by atoms with van der Waals surface area (Å²) in [6, 6.07) is 0. The number of nitrogens with two attached hydrogens (primary N) is 1. The van der Waals surface area contributed by atoms with Crippen LogP contribution in [-0.4, -0.2) is 24.7 Å². The number of rotatable bonds is 4. The van der Waals surface area contributed by atoms with Crippen LogP contribution in [0.1, 0.15) is 28.2 Å². The standard InChI is InChI=1S/C13H18ClNO3/c1-6-7(2)12(18-4)11(14)8(3)10(6)9(5-15)13(16)17/h9H,5,15H2,1-4H3,(H,16,17). The molecule has 1 aromatic rings. The first-order valence-electron chi connectivity index (χ1n) is 5.62. The number of benzene rings is 1. The van der Waals surface area contributed by atoms with Gasteiger partial charge in [0.1, 0.15) is 5.75 Å². The molecular formula is C13H18ClNO3. The number of carbonyl (C=O) groups is 1. The van der Waals surface area contributed by atoms with Gasteiger partial charge in [-0.15, -0.1) is 0 Å². The van der Waals surface area contributed by atoms with Crippen molar-refractivity contribution in [3.63, 3.8) is 0 Å². The molecule has 5 heteroatoms. The van der Waals surface area contributed by atoms with Gasteiger partial charge in [-0.1, -0.05) is 11.6 Å². The zero-order chi connectivity index (χ0) is 14.0. The van der Waals surface area contributed by atoms with E-state index in [-0.39, 0.29) is 6.54 Å². The zero-order valence-electron chi connectivity index (χ0n) is 11.0. The van der Waals surface area contributed by atoms with Crippen LogP contribution in [-0.2, 0) is 4.79 Å². The Labute approximate surface area is 112 Å². The first kappa shape index (κ1) is 14.8. The lowest BCUT2D eigenvalue weighted by Crippen LogP contribution is -2.23. The number of hydrogen-bond donors (Lipinski definition) is 2. The minimum atomic E-state index is -0.940. The van der Waals surface area contributed by atoms with Crippen molar-refractivity contribution in [1.82, 2.24) is 0 Å². The number of carboxylic acid groups (broad SMARTS) is 1. The van der Waals surface area contributed by atoms with Crippen LogP contribution in [0.25, 0.3) is 0 Å². The maximum Gasteiger partial charge on any atom is 0.312 e. The summed E-state index contributed by atoms with van der Waals surface area (Å²) >= 11 is 6.22. The summed E-state index contributed by atoms with van der Waals surface area (Å²) in [7, 11) is 1.55. The van der Waals surface area contributed by atoms with Crippen LogP contribution >= 0.6 is 11.6 Å². The third kappa shape index (κ3) is 2.31. The Kier molecular flexibility index (Phi) is 4.59. The van der Waals surface area contributed by atoms with E-state index < -0.39 is 11.9 Å². The maximum absolute atomic E-state index is 11.3. The van der Waals surface area contributed by atoms with Crippen LogP contribution in [0.3, 0.4) is 0 Å². The summed E-state index contributed by atoms with van der Waals surface area (Å²) < 4.78 is 5.26. The van der Waals surface area contributed by atoms with Gasteiger partial charge in [-0.25, -0.2) is 0 Å². The highest BCUT2D eigenvalue weighted by Crippen LogP contribution is 2.39. The summed E-state index contributed by atoms with van der Waals surface area (Å²) in [4.78, 5) is 11.3. The largest absolute Gasteiger partial charge is 0.495 e. The Balaban J connectivity index is 3.60. The van der Waals surface area contributed by atoms with E-state index >= 15 is 0 Å². The first-order chi connectivity index (χ1) is 8.36. The van der Waals surface area contributed by atoms with Gasteiger partial charge in [0.15, 0.2) is 0 Å². The Morgan fingerprint density at radius 3 is 2.28 bits per heavy atom. The molecule has 0 aliphatic heterocycles. The summed E-state index contributed by atoms with van der Waals surface area (Å²) in [5.74, 6) is -1.09. The minimum absolute atomic E-state index is 0.0408. The van der Waals surface area contributed by atoms with Crippen molar-refractivity contribution in [2.45, 2.75) is 26.7 Å². The summed E-state index contributed by atoms with van der Waals surface area (Å²) in [6.07, 6.45) is 0. The van der Waals surface area contributed by atoms with Crippen molar-refractivity contribution in [1.29, 1.82) is 0 Å². The average Bonchev–Trinajstić information content (AvgIpc) is 2.32. The molecule has 0 heterocycles. The van der Waals surface area contributed by atoms with E-state index in [4.69, 9.17) is 22.1 Å². The molecule has 100 valence electrons. The van der Waals surface area contributed by atoms with Crippen molar-refractivity contribution in [3.8, 4) is 5.75 Å². The third-order valence-corrected chi connectivity index (χ3v) is 3.78. The number of ether oxygens (including phenoxy) is 1. The van der Waals surface area contributed by atoms with Crippen LogP contribution in [0.5, 0.6) is 5.75 Å². The normalized spacial score (nSPS) is 12.3. The highest BCUT2D eigenvalue weighted by Gasteiger charge is 2.26. The summed E-state index contributed by atoms with van der Waals surface area (Å²) in [5.41, 5.74) is 8.68. The number of aliphatic carboxylic acids is 1. The summed E-state index contributed by atoms with van der Waals surface area (Å²) in [5, 5.41) is 9.68. The molecule has 3 N–H and O–H groups in total. The Morgan fingerprint density at radius 1 is 1.33 bits per heavy atom. The van der Waals surface area contributed by atoms with Gasteiger partial charge in [0.25, 0.3) is 0 Å². The van der Waals surface area contributed by atoms with Gasteiger partial charge < -0.3 is 15.6 Å². The second-order valence-corrected chi connectivity index (χ2v) is 4.64. The van der Waals surface area contributed by atoms with E-state index in [1.165, 1.54) is 0 Å². The van der Waals surface area contributed by atoms with Crippen LogP contribution in [0.15, 0.2) is 0 Å². The second kappa shape index (κ2) is 5.59. The second-order valence-electron chi connectivity index (χ2n) is 4.26. The monoisotopic (exact) mass is 271 g/mol. The lowest BCUT2D eigenvalue weighted by atomic mass is 9.88. The Bertz CT molecular complexity index is 457. The molecule has 4 nitrogen and oxygen atoms in total. The van der Waals surface area contributed by atoms with Crippen LogP contribution in [0.4, 0.5) is 0 Å². The molecule has 1 aromatic carbocycles. The van der Waals surface area contributed by atoms with Gasteiger partial charge >= 0.3 is 5.97 Å². The number of hydrogen-bond acceptors (Lipinski definition) is 3. The van der Waals surface area contributed by atoms with Crippen molar-refractivity contribution in [3.05, 3.63) is 27.3 Å². The molecule has 0 saturated carbocycles. The van der Waals surface area contributed by atoms with E-state index in [1.54, 1.807) is 14.0 Å². The van der Waals surface area contributed by atoms with Crippen LogP contribution in [0, 0.1) is 20.8 Å². The molecule has 0 radical (unpaired) electrons. The average molecular weight is 272 g/mol. The molecule has 0 amide bonds. The maximum atomic E-state index is 11.3. The molecule has 0 fully saturated rings. The van der Waals surface area contributed by atoms with Gasteiger partial charge in [-0.3, -0.25) is 4.79 Å². The predicted octanol–water partition coefficient (Wildman–Crippen LogP) is 2.40. The van der Waals surface area contributed by atoms with E-state index in [2.05, 4.69) is 0 Å². The van der Waals surface area contributed by atoms with E-state index in [0.717, 1.165) is 16.7 Å². The highest BCUT2D eigenvalue weighted by molar-refractivity contribution is 6.33. The molecule has 0 aromatic heterocycles. The third-order valence-electron chi connectivity index (χ3n) is 3.33.